The number of aliphatic hydroxyl groups excluding tert-OH is 1. The molecule has 0 spiro atoms. The van der Waals surface area contributed by atoms with E-state index >= 15 is 0 Å². The van der Waals surface area contributed by atoms with Crippen LogP contribution in [0.1, 0.15) is 51.9 Å². The summed E-state index contributed by atoms with van der Waals surface area (Å²) < 4.78 is 26.9. The fraction of sp³-hybridized carbons (Fsp3) is 0.654. The van der Waals surface area contributed by atoms with Gasteiger partial charge in [0.1, 0.15) is 6.23 Å². The van der Waals surface area contributed by atoms with Crippen molar-refractivity contribution in [2.45, 2.75) is 87.7 Å². The monoisotopic (exact) mass is 538 g/mol. The molecular weight excluding hydrogens is 500 g/mol. The summed E-state index contributed by atoms with van der Waals surface area (Å²) in [7, 11) is -1.68. The van der Waals surface area contributed by atoms with Crippen LogP contribution in [0.3, 0.4) is 0 Å². The number of nitrogens with zero attached hydrogens (tertiary/aromatic N) is 2. The maximum atomic E-state index is 12.8. The van der Waals surface area contributed by atoms with Gasteiger partial charge in [0.05, 0.1) is 17.0 Å². The quantitative estimate of drug-likeness (QED) is 0.453. The third-order valence-electron chi connectivity index (χ3n) is 7.99. The lowest BCUT2D eigenvalue weighted by Crippen LogP contribution is -2.59. The Balaban J connectivity index is 1.60. The zero-order chi connectivity index (χ0) is 26.0. The first-order valence-corrected chi connectivity index (χ1v) is 15.3. The summed E-state index contributed by atoms with van der Waals surface area (Å²) in [5, 5.41) is 18.9. The van der Waals surface area contributed by atoms with E-state index in [4.69, 9.17) is 11.6 Å². The number of halogens is 1. The Morgan fingerprint density at radius 1 is 1.19 bits per heavy atom. The molecule has 1 aromatic carbocycles. The summed E-state index contributed by atoms with van der Waals surface area (Å²) in [4.78, 5) is 15.2. The Hall–Kier alpha value is -1.65. The molecular formula is C26H39ClN4O4S. The largest absolute Gasteiger partial charge is 0.376 e. The normalized spacial score (nSPS) is 22.5. The van der Waals surface area contributed by atoms with Crippen LogP contribution in [0.25, 0.3) is 10.9 Å². The number of aliphatic hydroxyl groups is 1. The molecule has 1 amide bonds. The zero-order valence-corrected chi connectivity index (χ0v) is 23.0. The highest BCUT2D eigenvalue weighted by molar-refractivity contribution is 7.91. The Morgan fingerprint density at radius 2 is 1.92 bits per heavy atom. The molecule has 3 N–H and O–H groups in total. The van der Waals surface area contributed by atoms with Crippen molar-refractivity contribution in [1.82, 2.24) is 20.1 Å². The van der Waals surface area contributed by atoms with Crippen LogP contribution in [-0.2, 0) is 21.2 Å². The molecule has 0 bridgehead atoms. The molecule has 10 heteroatoms. The minimum atomic E-state index is -3.44. The van der Waals surface area contributed by atoms with Gasteiger partial charge in [-0.15, -0.1) is 0 Å². The van der Waals surface area contributed by atoms with E-state index in [0.29, 0.717) is 17.0 Å². The lowest BCUT2D eigenvalue weighted by atomic mass is 9.82. The molecule has 1 aliphatic carbocycles. The first kappa shape index (κ1) is 27.4. The molecule has 36 heavy (non-hydrogen) atoms. The molecule has 8 nitrogen and oxygen atoms in total. The van der Waals surface area contributed by atoms with E-state index in [9.17, 15) is 18.3 Å². The van der Waals surface area contributed by atoms with Crippen LogP contribution < -0.4 is 10.6 Å². The lowest BCUT2D eigenvalue weighted by molar-refractivity contribution is -0.127. The molecule has 2 fully saturated rings. The van der Waals surface area contributed by atoms with Gasteiger partial charge in [-0.05, 0) is 63.8 Å². The molecule has 2 aliphatic rings. The third kappa shape index (κ3) is 5.91. The molecule has 1 aliphatic heterocycles. The van der Waals surface area contributed by atoms with Gasteiger partial charge < -0.3 is 20.3 Å². The second-order valence-electron chi connectivity index (χ2n) is 10.5. The van der Waals surface area contributed by atoms with Crippen molar-refractivity contribution in [2.24, 2.45) is 5.92 Å². The smallest absolute Gasteiger partial charge is 0.237 e. The highest BCUT2D eigenvalue weighted by atomic mass is 35.5. The fourth-order valence-electron chi connectivity index (χ4n) is 5.87. The van der Waals surface area contributed by atoms with Crippen molar-refractivity contribution in [3.05, 3.63) is 29.4 Å². The predicted molar refractivity (Wildman–Crippen MR) is 143 cm³/mol. The van der Waals surface area contributed by atoms with E-state index < -0.39 is 16.1 Å². The second kappa shape index (κ2) is 11.4. The number of sulfone groups is 1. The number of likely N-dealkylation sites (N-methyl/N-ethyl adjacent to an activating group) is 1. The van der Waals surface area contributed by atoms with Crippen LogP contribution in [-0.4, -0.2) is 73.1 Å². The standard InChI is InChI=1S/C26H39ClN4O4S/c1-17(28-2)25(32)29-24(18-8-5-4-6-9-18)26(33)31-13-7-10-20(31)15-30-16-23(36(3,34)35)21-14-19(27)11-12-22(21)30/h11-12,14,16-18,20,24,26,28,33H,4-10,13,15H2,1-3H3,(H,29,32)/t17-,20-,24-,26?/m0/s1. The first-order valence-electron chi connectivity index (χ1n) is 13.0. The maximum Gasteiger partial charge on any atom is 0.237 e. The maximum absolute atomic E-state index is 12.8. The highest BCUT2D eigenvalue weighted by Crippen LogP contribution is 2.33. The molecule has 0 radical (unpaired) electrons. The van der Waals surface area contributed by atoms with Crippen LogP contribution in [0.4, 0.5) is 0 Å². The lowest BCUT2D eigenvalue weighted by Gasteiger charge is -2.40. The number of carbonyl (C=O) groups is 1. The van der Waals surface area contributed by atoms with Gasteiger partial charge in [-0.25, -0.2) is 8.42 Å². The average molecular weight is 539 g/mol. The summed E-state index contributed by atoms with van der Waals surface area (Å²) in [6, 6.07) is 4.65. The molecule has 4 rings (SSSR count). The molecule has 1 saturated carbocycles. The topological polar surface area (TPSA) is 104 Å². The van der Waals surface area contributed by atoms with E-state index in [1.54, 1.807) is 25.4 Å². The summed E-state index contributed by atoms with van der Waals surface area (Å²) in [6.45, 7) is 3.10. The van der Waals surface area contributed by atoms with Gasteiger partial charge >= 0.3 is 0 Å². The molecule has 2 aromatic rings. The Kier molecular flexibility index (Phi) is 8.67. The van der Waals surface area contributed by atoms with Crippen molar-refractivity contribution >= 4 is 38.2 Å². The van der Waals surface area contributed by atoms with Crippen LogP contribution in [0.5, 0.6) is 0 Å². The molecule has 200 valence electrons. The van der Waals surface area contributed by atoms with E-state index in [0.717, 1.165) is 50.6 Å². The van der Waals surface area contributed by atoms with Crippen molar-refractivity contribution in [3.63, 3.8) is 0 Å². The van der Waals surface area contributed by atoms with E-state index in [1.807, 2.05) is 17.6 Å². The summed E-state index contributed by atoms with van der Waals surface area (Å²) in [5.74, 6) is 0.128. The number of benzene rings is 1. The van der Waals surface area contributed by atoms with Crippen molar-refractivity contribution in [3.8, 4) is 0 Å². The molecule has 1 unspecified atom stereocenters. The molecule has 4 atom stereocenters. The number of likely N-dealkylation sites (tertiary alicyclic amines) is 1. The minimum absolute atomic E-state index is 0.0170. The predicted octanol–water partition coefficient (Wildman–Crippen LogP) is 3.15. The molecule has 1 saturated heterocycles. The van der Waals surface area contributed by atoms with Crippen molar-refractivity contribution in [2.75, 3.05) is 19.8 Å². The van der Waals surface area contributed by atoms with Gasteiger partial charge in [0, 0.05) is 47.5 Å². The fourth-order valence-corrected chi connectivity index (χ4v) is 6.92. The van der Waals surface area contributed by atoms with Crippen molar-refractivity contribution < 1.29 is 18.3 Å². The Labute approximate surface area is 219 Å². The van der Waals surface area contributed by atoms with Gasteiger partial charge in [0.2, 0.25) is 5.91 Å². The van der Waals surface area contributed by atoms with Gasteiger partial charge in [-0.2, -0.15) is 0 Å². The number of aromatic nitrogens is 1. The van der Waals surface area contributed by atoms with Gasteiger partial charge in [0.25, 0.3) is 0 Å². The van der Waals surface area contributed by atoms with Crippen LogP contribution in [0.15, 0.2) is 29.3 Å². The summed E-state index contributed by atoms with van der Waals surface area (Å²) in [6.07, 6.45) is 9.32. The van der Waals surface area contributed by atoms with E-state index in [2.05, 4.69) is 15.5 Å². The number of hydrogen-bond acceptors (Lipinski definition) is 6. The zero-order valence-electron chi connectivity index (χ0n) is 21.4. The third-order valence-corrected chi connectivity index (χ3v) is 9.35. The highest BCUT2D eigenvalue weighted by Gasteiger charge is 2.39. The number of rotatable bonds is 9. The molecule has 2 heterocycles. The van der Waals surface area contributed by atoms with E-state index in [1.165, 1.54) is 12.7 Å². The van der Waals surface area contributed by atoms with Crippen molar-refractivity contribution in [1.29, 1.82) is 0 Å². The van der Waals surface area contributed by atoms with Gasteiger partial charge in [0.15, 0.2) is 9.84 Å². The summed E-state index contributed by atoms with van der Waals surface area (Å²) >= 11 is 6.18. The number of fused-ring (bicyclic) bond motifs is 1. The van der Waals surface area contributed by atoms with E-state index in [-0.39, 0.29) is 34.8 Å². The number of amides is 1. The van der Waals surface area contributed by atoms with Crippen LogP contribution in [0.2, 0.25) is 5.02 Å². The van der Waals surface area contributed by atoms with Gasteiger partial charge in [-0.1, -0.05) is 30.9 Å². The minimum Gasteiger partial charge on any atom is -0.376 e. The van der Waals surface area contributed by atoms with Crippen LogP contribution >= 0.6 is 11.6 Å². The second-order valence-corrected chi connectivity index (χ2v) is 12.9. The Bertz CT molecular complexity index is 1180. The molecule has 1 aromatic heterocycles. The summed E-state index contributed by atoms with van der Waals surface area (Å²) in [5.41, 5.74) is 0.807. The average Bonchev–Trinajstić information content (AvgIpc) is 3.46. The van der Waals surface area contributed by atoms with Gasteiger partial charge in [-0.3, -0.25) is 9.69 Å². The SMILES string of the molecule is CN[C@@H](C)C(=O)N[C@@H](C1CCCCC1)C(O)N1CCC[C@H]1Cn1cc(S(C)(=O)=O)c2cc(Cl)ccc21. The number of carbonyl (C=O) groups excluding carboxylic acids is 1. The Morgan fingerprint density at radius 3 is 2.58 bits per heavy atom. The number of hydrogen-bond donors (Lipinski definition) is 3. The first-order chi connectivity index (χ1) is 17.1. The van der Waals surface area contributed by atoms with Crippen LogP contribution in [0, 0.1) is 5.92 Å². The number of nitrogens with one attached hydrogen (secondary N) is 2.